The van der Waals surface area contributed by atoms with E-state index in [1.54, 1.807) is 18.2 Å². The van der Waals surface area contributed by atoms with Gasteiger partial charge in [0.15, 0.2) is 0 Å². The van der Waals surface area contributed by atoms with Gasteiger partial charge in [-0.3, -0.25) is 9.69 Å². The molecule has 1 N–H and O–H groups in total. The molecule has 1 saturated heterocycles. The lowest BCUT2D eigenvalue weighted by Crippen LogP contribution is -2.48. The van der Waals surface area contributed by atoms with Crippen molar-refractivity contribution >= 4 is 29.1 Å². The zero-order chi connectivity index (χ0) is 16.1. The van der Waals surface area contributed by atoms with E-state index in [0.717, 1.165) is 19.6 Å². The minimum Gasteiger partial charge on any atom is -0.374 e. The fourth-order valence-electron chi connectivity index (χ4n) is 2.58. The monoisotopic (exact) mass is 344 g/mol. The average molecular weight is 345 g/mol. The smallest absolute Gasteiger partial charge is 0.251 e. The Kier molecular flexibility index (Phi) is 6.50. The van der Waals surface area contributed by atoms with Gasteiger partial charge in [-0.05, 0) is 24.1 Å². The second-order valence-corrected chi connectivity index (χ2v) is 6.89. The number of benzene rings is 1. The number of rotatable bonds is 5. The fourth-order valence-corrected chi connectivity index (χ4v) is 3.11. The van der Waals surface area contributed by atoms with Crippen LogP contribution in [0, 0.1) is 5.92 Å². The molecule has 1 aliphatic heterocycles. The molecule has 4 nitrogen and oxygen atoms in total. The maximum absolute atomic E-state index is 12.2. The first-order chi connectivity index (χ1) is 10.4. The summed E-state index contributed by atoms with van der Waals surface area (Å²) in [4.78, 5) is 14.5. The lowest BCUT2D eigenvalue weighted by atomic mass is 10.1. The lowest BCUT2D eigenvalue weighted by Gasteiger charge is -2.33. The van der Waals surface area contributed by atoms with Gasteiger partial charge in [0.1, 0.15) is 0 Å². The molecule has 22 heavy (non-hydrogen) atoms. The Morgan fingerprint density at radius 2 is 2.05 bits per heavy atom. The minimum atomic E-state index is -0.186. The molecule has 1 fully saturated rings. The number of hydrogen-bond acceptors (Lipinski definition) is 3. The highest BCUT2D eigenvalue weighted by Crippen LogP contribution is 2.19. The normalized spacial score (nSPS) is 19.4. The molecule has 0 radical (unpaired) electrons. The van der Waals surface area contributed by atoms with Crippen molar-refractivity contribution in [3.8, 4) is 0 Å². The van der Waals surface area contributed by atoms with Crippen LogP contribution in [0.2, 0.25) is 10.0 Å². The molecule has 0 saturated carbocycles. The summed E-state index contributed by atoms with van der Waals surface area (Å²) in [5.74, 6) is 0.441. The van der Waals surface area contributed by atoms with E-state index >= 15 is 0 Å². The van der Waals surface area contributed by atoms with Crippen LogP contribution in [0.3, 0.4) is 0 Å². The van der Waals surface area contributed by atoms with Gasteiger partial charge >= 0.3 is 0 Å². The summed E-state index contributed by atoms with van der Waals surface area (Å²) in [7, 11) is 0. The molecule has 1 aliphatic rings. The summed E-state index contributed by atoms with van der Waals surface area (Å²) in [6, 6.07) is 4.82. The molecular weight excluding hydrogens is 323 g/mol. The molecule has 1 aromatic carbocycles. The van der Waals surface area contributed by atoms with Gasteiger partial charge in [-0.25, -0.2) is 0 Å². The fraction of sp³-hybridized carbons (Fsp3) is 0.562. The van der Waals surface area contributed by atoms with Crippen LogP contribution in [-0.2, 0) is 4.74 Å². The predicted octanol–water partition coefficient (Wildman–Crippen LogP) is 3.08. The molecule has 0 aliphatic carbocycles. The number of halogens is 2. The van der Waals surface area contributed by atoms with Gasteiger partial charge in [-0.2, -0.15) is 0 Å². The molecule has 1 unspecified atom stereocenters. The molecule has 122 valence electrons. The Morgan fingerprint density at radius 1 is 1.36 bits per heavy atom. The number of nitrogens with zero attached hydrogens (tertiary/aromatic N) is 1. The van der Waals surface area contributed by atoms with Crippen LogP contribution >= 0.6 is 23.2 Å². The van der Waals surface area contributed by atoms with Crippen LogP contribution in [0.5, 0.6) is 0 Å². The molecule has 2 rings (SSSR count). The first kappa shape index (κ1) is 17.5. The molecule has 1 aromatic rings. The highest BCUT2D eigenvalue weighted by atomic mass is 35.5. The standard InChI is InChI=1S/C16H22Cl2N2O2/c1-11(2)9-20-3-4-22-15(10-20)8-19-16(21)12-5-13(17)7-14(18)6-12/h5-7,11,15H,3-4,8-10H2,1-2H3,(H,19,21). The maximum atomic E-state index is 12.2. The van der Waals surface area contributed by atoms with Gasteiger partial charge in [0.2, 0.25) is 0 Å². The van der Waals surface area contributed by atoms with Gasteiger partial charge in [0, 0.05) is 41.8 Å². The predicted molar refractivity (Wildman–Crippen MR) is 89.8 cm³/mol. The van der Waals surface area contributed by atoms with Crippen LogP contribution in [0.4, 0.5) is 0 Å². The van der Waals surface area contributed by atoms with E-state index in [-0.39, 0.29) is 12.0 Å². The Hall–Kier alpha value is -0.810. The molecule has 0 bridgehead atoms. The van der Waals surface area contributed by atoms with Crippen LogP contribution in [-0.4, -0.2) is 49.7 Å². The second-order valence-electron chi connectivity index (χ2n) is 6.01. The number of morpholine rings is 1. The first-order valence-electron chi connectivity index (χ1n) is 7.52. The second kappa shape index (κ2) is 8.16. The lowest BCUT2D eigenvalue weighted by molar-refractivity contribution is -0.0295. The van der Waals surface area contributed by atoms with Crippen LogP contribution in [0.15, 0.2) is 18.2 Å². The van der Waals surface area contributed by atoms with E-state index in [1.807, 2.05) is 0 Å². The highest BCUT2D eigenvalue weighted by Gasteiger charge is 2.21. The van der Waals surface area contributed by atoms with E-state index < -0.39 is 0 Å². The summed E-state index contributed by atoms with van der Waals surface area (Å²) >= 11 is 11.8. The van der Waals surface area contributed by atoms with Crippen molar-refractivity contribution in [3.63, 3.8) is 0 Å². The number of ether oxygens (including phenoxy) is 1. The van der Waals surface area contributed by atoms with Gasteiger partial charge in [-0.1, -0.05) is 37.0 Å². The van der Waals surface area contributed by atoms with Gasteiger partial charge < -0.3 is 10.1 Å². The van der Waals surface area contributed by atoms with Crippen molar-refractivity contribution in [2.24, 2.45) is 5.92 Å². The highest BCUT2D eigenvalue weighted by molar-refractivity contribution is 6.35. The summed E-state index contributed by atoms with van der Waals surface area (Å²) < 4.78 is 5.71. The van der Waals surface area contributed by atoms with E-state index in [4.69, 9.17) is 27.9 Å². The molecule has 1 atom stereocenters. The summed E-state index contributed by atoms with van der Waals surface area (Å²) in [5.41, 5.74) is 0.465. The molecule has 1 amide bonds. The Bertz CT molecular complexity index is 503. The van der Waals surface area contributed by atoms with Crippen molar-refractivity contribution < 1.29 is 9.53 Å². The Balaban J connectivity index is 1.85. The Labute approximate surface area is 141 Å². The van der Waals surface area contributed by atoms with E-state index in [0.29, 0.717) is 34.7 Å². The summed E-state index contributed by atoms with van der Waals surface area (Å²) in [6.45, 7) is 8.44. The van der Waals surface area contributed by atoms with E-state index in [1.165, 1.54) is 0 Å². The first-order valence-corrected chi connectivity index (χ1v) is 8.28. The van der Waals surface area contributed by atoms with Crippen molar-refractivity contribution in [1.29, 1.82) is 0 Å². The van der Waals surface area contributed by atoms with Crippen molar-refractivity contribution in [2.75, 3.05) is 32.8 Å². The van der Waals surface area contributed by atoms with Crippen LogP contribution in [0.25, 0.3) is 0 Å². The number of hydrogen-bond donors (Lipinski definition) is 1. The summed E-state index contributed by atoms with van der Waals surface area (Å²) in [6.07, 6.45) is 0.0195. The maximum Gasteiger partial charge on any atom is 0.251 e. The minimum absolute atomic E-state index is 0.0195. The zero-order valence-electron chi connectivity index (χ0n) is 12.9. The van der Waals surface area contributed by atoms with E-state index in [9.17, 15) is 4.79 Å². The van der Waals surface area contributed by atoms with E-state index in [2.05, 4.69) is 24.1 Å². The largest absolute Gasteiger partial charge is 0.374 e. The quantitative estimate of drug-likeness (QED) is 0.892. The topological polar surface area (TPSA) is 41.6 Å². The van der Waals surface area contributed by atoms with Crippen molar-refractivity contribution in [1.82, 2.24) is 10.2 Å². The molecule has 0 aromatic heterocycles. The zero-order valence-corrected chi connectivity index (χ0v) is 14.5. The van der Waals surface area contributed by atoms with Crippen molar-refractivity contribution in [3.05, 3.63) is 33.8 Å². The van der Waals surface area contributed by atoms with Gasteiger partial charge in [-0.15, -0.1) is 0 Å². The molecule has 1 heterocycles. The number of nitrogens with one attached hydrogen (secondary N) is 1. The van der Waals surface area contributed by atoms with Crippen LogP contribution < -0.4 is 5.32 Å². The Morgan fingerprint density at radius 3 is 2.68 bits per heavy atom. The third-order valence-electron chi connectivity index (χ3n) is 3.46. The van der Waals surface area contributed by atoms with Crippen LogP contribution in [0.1, 0.15) is 24.2 Å². The van der Waals surface area contributed by atoms with Gasteiger partial charge in [0.25, 0.3) is 5.91 Å². The number of carbonyl (C=O) groups excluding carboxylic acids is 1. The average Bonchev–Trinajstić information content (AvgIpc) is 2.43. The molecule has 6 heteroatoms. The molecular formula is C16H22Cl2N2O2. The third-order valence-corrected chi connectivity index (χ3v) is 3.90. The van der Waals surface area contributed by atoms with Gasteiger partial charge in [0.05, 0.1) is 12.7 Å². The number of amides is 1. The molecule has 0 spiro atoms. The number of carbonyl (C=O) groups is 1. The SMILES string of the molecule is CC(C)CN1CCOC(CNC(=O)c2cc(Cl)cc(Cl)c2)C1. The van der Waals surface area contributed by atoms with Crippen molar-refractivity contribution in [2.45, 2.75) is 20.0 Å². The summed E-state index contributed by atoms with van der Waals surface area (Å²) in [5, 5.41) is 3.80. The third kappa shape index (κ3) is 5.43.